The number of hydrogen-bond donors (Lipinski definition) is 1. The summed E-state index contributed by atoms with van der Waals surface area (Å²) in [5.41, 5.74) is 1.52. The van der Waals surface area contributed by atoms with Crippen LogP contribution in [0.2, 0.25) is 0 Å². The van der Waals surface area contributed by atoms with Crippen molar-refractivity contribution in [2.75, 3.05) is 13.1 Å². The van der Waals surface area contributed by atoms with Gasteiger partial charge in [0.05, 0.1) is 0 Å². The maximum Gasteiger partial charge on any atom is 0.0210 e. The van der Waals surface area contributed by atoms with E-state index in [0.717, 1.165) is 24.0 Å². The molecule has 2 saturated carbocycles. The molecule has 18 heavy (non-hydrogen) atoms. The molecule has 0 amide bonds. The van der Waals surface area contributed by atoms with Crippen LogP contribution >= 0.6 is 0 Å². The molecule has 2 nitrogen and oxygen atoms in total. The number of nitrogens with zero attached hydrogens (tertiary/aromatic N) is 1. The molecule has 1 aliphatic heterocycles. The third kappa shape index (κ3) is 2.19. The monoisotopic (exact) mass is 242 g/mol. The Hall–Kier alpha value is -0.860. The second kappa shape index (κ2) is 4.36. The Morgan fingerprint density at radius 1 is 1.06 bits per heavy atom. The van der Waals surface area contributed by atoms with Gasteiger partial charge in [-0.2, -0.15) is 0 Å². The Morgan fingerprint density at radius 3 is 2.67 bits per heavy atom. The van der Waals surface area contributed by atoms with Gasteiger partial charge in [0.1, 0.15) is 0 Å². The van der Waals surface area contributed by atoms with E-state index in [2.05, 4.69) is 40.5 Å². The molecule has 3 fully saturated rings. The van der Waals surface area contributed by atoms with Gasteiger partial charge in [-0.05, 0) is 31.2 Å². The fourth-order valence-corrected chi connectivity index (χ4v) is 3.45. The Kier molecular flexibility index (Phi) is 2.66. The lowest BCUT2D eigenvalue weighted by Gasteiger charge is -2.15. The van der Waals surface area contributed by atoms with E-state index in [1.165, 1.54) is 44.3 Å². The number of likely N-dealkylation sites (tertiary alicyclic amines) is 1. The normalized spacial score (nSPS) is 35.9. The zero-order valence-corrected chi connectivity index (χ0v) is 10.9. The van der Waals surface area contributed by atoms with Crippen molar-refractivity contribution < 1.29 is 0 Å². The van der Waals surface area contributed by atoms with E-state index in [0.29, 0.717) is 0 Å². The van der Waals surface area contributed by atoms with Gasteiger partial charge in [-0.1, -0.05) is 30.3 Å². The molecule has 1 N–H and O–H groups in total. The van der Waals surface area contributed by atoms with Crippen LogP contribution < -0.4 is 5.32 Å². The van der Waals surface area contributed by atoms with Crippen LogP contribution in [0.4, 0.5) is 0 Å². The van der Waals surface area contributed by atoms with Crippen LogP contribution in [0.25, 0.3) is 0 Å². The molecule has 96 valence electrons. The zero-order chi connectivity index (χ0) is 11.9. The topological polar surface area (TPSA) is 15.3 Å². The summed E-state index contributed by atoms with van der Waals surface area (Å²) in [4.78, 5) is 2.69. The summed E-state index contributed by atoms with van der Waals surface area (Å²) in [7, 11) is 0. The molecule has 1 saturated heterocycles. The standard InChI is InChI=1S/C16H22N2/c1-2-4-12(5-3-1)15-10-16(15)17-13-8-9-18(11-13)14-6-7-14/h1-5,13-17H,6-11H2. The van der Waals surface area contributed by atoms with E-state index < -0.39 is 0 Å². The van der Waals surface area contributed by atoms with E-state index in [-0.39, 0.29) is 0 Å². The van der Waals surface area contributed by atoms with Crippen molar-refractivity contribution in [1.82, 2.24) is 10.2 Å². The molecular weight excluding hydrogens is 220 g/mol. The second-order valence-electron chi connectivity index (χ2n) is 6.24. The average Bonchev–Trinajstić information content (AvgIpc) is 3.31. The van der Waals surface area contributed by atoms with Gasteiger partial charge in [-0.25, -0.2) is 0 Å². The first-order valence-electron chi connectivity index (χ1n) is 7.45. The van der Waals surface area contributed by atoms with E-state index in [1.807, 2.05) is 0 Å². The molecule has 1 aromatic rings. The Balaban J connectivity index is 1.30. The van der Waals surface area contributed by atoms with Crippen molar-refractivity contribution in [1.29, 1.82) is 0 Å². The summed E-state index contributed by atoms with van der Waals surface area (Å²) in [5, 5.41) is 3.87. The first kappa shape index (κ1) is 11.0. The minimum absolute atomic E-state index is 0.747. The van der Waals surface area contributed by atoms with Crippen molar-refractivity contribution in [2.24, 2.45) is 0 Å². The van der Waals surface area contributed by atoms with E-state index >= 15 is 0 Å². The summed E-state index contributed by atoms with van der Waals surface area (Å²) >= 11 is 0. The van der Waals surface area contributed by atoms with Crippen molar-refractivity contribution >= 4 is 0 Å². The SMILES string of the molecule is c1ccc(C2CC2NC2CCN(C3CC3)C2)cc1. The first-order chi connectivity index (χ1) is 8.90. The van der Waals surface area contributed by atoms with E-state index in [4.69, 9.17) is 0 Å². The molecule has 3 atom stereocenters. The van der Waals surface area contributed by atoms with Crippen molar-refractivity contribution in [2.45, 2.75) is 49.7 Å². The van der Waals surface area contributed by atoms with Crippen molar-refractivity contribution in [3.8, 4) is 0 Å². The maximum atomic E-state index is 3.87. The van der Waals surface area contributed by atoms with Gasteiger partial charge in [0, 0.05) is 37.1 Å². The lowest BCUT2D eigenvalue weighted by Crippen LogP contribution is -2.35. The van der Waals surface area contributed by atoms with Crippen molar-refractivity contribution in [3.63, 3.8) is 0 Å². The summed E-state index contributed by atoms with van der Waals surface area (Å²) in [6.45, 7) is 2.62. The van der Waals surface area contributed by atoms with Gasteiger partial charge in [-0.15, -0.1) is 0 Å². The minimum atomic E-state index is 0.747. The smallest absolute Gasteiger partial charge is 0.0210 e. The molecule has 0 aromatic heterocycles. The summed E-state index contributed by atoms with van der Waals surface area (Å²) < 4.78 is 0. The van der Waals surface area contributed by atoms with Crippen LogP contribution in [0.15, 0.2) is 30.3 Å². The van der Waals surface area contributed by atoms with E-state index in [1.54, 1.807) is 0 Å². The maximum absolute atomic E-state index is 3.87. The van der Waals surface area contributed by atoms with Crippen LogP contribution in [-0.2, 0) is 0 Å². The highest BCUT2D eigenvalue weighted by Crippen LogP contribution is 2.41. The predicted molar refractivity (Wildman–Crippen MR) is 73.7 cm³/mol. The average molecular weight is 242 g/mol. The molecule has 3 unspecified atom stereocenters. The molecule has 0 bridgehead atoms. The molecular formula is C16H22N2. The fraction of sp³-hybridized carbons (Fsp3) is 0.625. The van der Waals surface area contributed by atoms with Crippen LogP contribution in [0.3, 0.4) is 0 Å². The van der Waals surface area contributed by atoms with Gasteiger partial charge in [-0.3, -0.25) is 4.90 Å². The van der Waals surface area contributed by atoms with Crippen LogP contribution in [0.1, 0.15) is 37.2 Å². The molecule has 2 aliphatic carbocycles. The number of benzene rings is 1. The Labute approximate surface area is 109 Å². The summed E-state index contributed by atoms with van der Waals surface area (Å²) in [6.07, 6.45) is 5.59. The highest BCUT2D eigenvalue weighted by molar-refractivity contribution is 5.27. The molecule has 1 aromatic carbocycles. The second-order valence-corrected chi connectivity index (χ2v) is 6.24. The fourth-order valence-electron chi connectivity index (χ4n) is 3.45. The molecule has 3 aliphatic rings. The molecule has 1 heterocycles. The molecule has 2 heteroatoms. The lowest BCUT2D eigenvalue weighted by atomic mass is 10.1. The quantitative estimate of drug-likeness (QED) is 0.872. The number of hydrogen-bond acceptors (Lipinski definition) is 2. The highest BCUT2D eigenvalue weighted by atomic mass is 15.2. The summed E-state index contributed by atoms with van der Waals surface area (Å²) in [5.74, 6) is 0.779. The highest BCUT2D eigenvalue weighted by Gasteiger charge is 2.41. The molecule has 4 rings (SSSR count). The minimum Gasteiger partial charge on any atom is -0.309 e. The molecule has 0 spiro atoms. The van der Waals surface area contributed by atoms with Gasteiger partial charge >= 0.3 is 0 Å². The molecule has 0 radical (unpaired) electrons. The zero-order valence-electron chi connectivity index (χ0n) is 10.9. The van der Waals surface area contributed by atoms with Gasteiger partial charge in [0.2, 0.25) is 0 Å². The van der Waals surface area contributed by atoms with Gasteiger partial charge in [0.25, 0.3) is 0 Å². The number of nitrogens with one attached hydrogen (secondary N) is 1. The van der Waals surface area contributed by atoms with Crippen LogP contribution in [0.5, 0.6) is 0 Å². The third-order valence-corrected chi connectivity index (χ3v) is 4.75. The van der Waals surface area contributed by atoms with Gasteiger partial charge < -0.3 is 5.32 Å². The van der Waals surface area contributed by atoms with Crippen LogP contribution in [-0.4, -0.2) is 36.1 Å². The predicted octanol–water partition coefficient (Wildman–Crippen LogP) is 2.37. The largest absolute Gasteiger partial charge is 0.309 e. The Morgan fingerprint density at radius 2 is 1.89 bits per heavy atom. The van der Waals surface area contributed by atoms with Gasteiger partial charge in [0.15, 0.2) is 0 Å². The lowest BCUT2D eigenvalue weighted by molar-refractivity contribution is 0.317. The van der Waals surface area contributed by atoms with E-state index in [9.17, 15) is 0 Å². The summed E-state index contributed by atoms with van der Waals surface area (Å²) in [6, 6.07) is 13.4. The van der Waals surface area contributed by atoms with Crippen LogP contribution in [0, 0.1) is 0 Å². The first-order valence-corrected chi connectivity index (χ1v) is 7.45. The third-order valence-electron chi connectivity index (χ3n) is 4.75. The van der Waals surface area contributed by atoms with Crippen molar-refractivity contribution in [3.05, 3.63) is 35.9 Å². The Bertz CT molecular complexity index is 412. The number of rotatable bonds is 4.